The zero-order valence-corrected chi connectivity index (χ0v) is 9.03. The van der Waals surface area contributed by atoms with Gasteiger partial charge in [-0.15, -0.1) is 0 Å². The van der Waals surface area contributed by atoms with Crippen molar-refractivity contribution in [1.82, 2.24) is 9.97 Å². The maximum atomic E-state index is 10.7. The van der Waals surface area contributed by atoms with Crippen LogP contribution in [0.4, 0.5) is 0 Å². The molecule has 1 N–H and O–H groups in total. The minimum Gasteiger partial charge on any atom is -0.339 e. The van der Waals surface area contributed by atoms with Crippen LogP contribution in [0.1, 0.15) is 34.7 Å². The minimum atomic E-state index is 0.425. The summed E-state index contributed by atoms with van der Waals surface area (Å²) in [6.45, 7) is 2.20. The molecule has 1 aliphatic rings. The fraction of sp³-hybridized carbons (Fsp3) is 0.231. The van der Waals surface area contributed by atoms with Crippen LogP contribution in [0.25, 0.3) is 11.3 Å². The van der Waals surface area contributed by atoms with E-state index in [4.69, 9.17) is 0 Å². The number of H-pyrrole nitrogens is 1. The van der Waals surface area contributed by atoms with Crippen LogP contribution in [0.3, 0.4) is 0 Å². The van der Waals surface area contributed by atoms with Crippen molar-refractivity contribution in [3.05, 3.63) is 41.3 Å². The van der Waals surface area contributed by atoms with Crippen LogP contribution >= 0.6 is 0 Å². The highest BCUT2D eigenvalue weighted by Crippen LogP contribution is 2.37. The third kappa shape index (κ3) is 1.21. The second-order valence-electron chi connectivity index (χ2n) is 4.26. The Balaban J connectivity index is 2.26. The summed E-state index contributed by atoms with van der Waals surface area (Å²) < 4.78 is 0. The minimum absolute atomic E-state index is 0.425. The molecular formula is C13H12N2O. The number of aldehydes is 1. The maximum absolute atomic E-state index is 10.7. The van der Waals surface area contributed by atoms with Crippen molar-refractivity contribution in [2.45, 2.75) is 19.3 Å². The lowest BCUT2D eigenvalue weighted by molar-refractivity contribution is 0.111. The first-order valence-corrected chi connectivity index (χ1v) is 5.43. The van der Waals surface area contributed by atoms with Gasteiger partial charge in [-0.25, -0.2) is 4.98 Å². The molecule has 0 spiro atoms. The van der Waals surface area contributed by atoms with Gasteiger partial charge in [-0.3, -0.25) is 4.79 Å². The molecule has 0 radical (unpaired) electrons. The van der Waals surface area contributed by atoms with Gasteiger partial charge in [0, 0.05) is 11.3 Å². The third-order valence-corrected chi connectivity index (χ3v) is 3.17. The summed E-state index contributed by atoms with van der Waals surface area (Å²) in [5.74, 6) is 0.901. The molecule has 16 heavy (non-hydrogen) atoms. The molecule has 2 aromatic rings. The zero-order valence-electron chi connectivity index (χ0n) is 9.03. The Bertz CT molecular complexity index is 557. The van der Waals surface area contributed by atoms with Crippen LogP contribution in [0, 0.1) is 0 Å². The molecule has 1 aromatic carbocycles. The van der Waals surface area contributed by atoms with Crippen LogP contribution in [-0.2, 0) is 6.42 Å². The number of hydrogen-bond acceptors (Lipinski definition) is 2. The van der Waals surface area contributed by atoms with Crippen LogP contribution in [0.15, 0.2) is 24.3 Å². The molecule has 3 rings (SSSR count). The fourth-order valence-corrected chi connectivity index (χ4v) is 2.41. The van der Waals surface area contributed by atoms with Crippen molar-refractivity contribution in [3.8, 4) is 11.3 Å². The average molecular weight is 212 g/mol. The highest BCUT2D eigenvalue weighted by molar-refractivity contribution is 5.76. The summed E-state index contributed by atoms with van der Waals surface area (Å²) in [7, 11) is 0. The van der Waals surface area contributed by atoms with Crippen molar-refractivity contribution >= 4 is 6.29 Å². The van der Waals surface area contributed by atoms with E-state index in [0.29, 0.717) is 11.7 Å². The molecule has 1 heterocycles. The van der Waals surface area contributed by atoms with Crippen molar-refractivity contribution in [2.24, 2.45) is 0 Å². The van der Waals surface area contributed by atoms with E-state index in [2.05, 4.69) is 29.0 Å². The van der Waals surface area contributed by atoms with Crippen molar-refractivity contribution in [1.29, 1.82) is 0 Å². The summed E-state index contributed by atoms with van der Waals surface area (Å²) in [5.41, 5.74) is 4.49. The van der Waals surface area contributed by atoms with Gasteiger partial charge in [0.1, 0.15) is 0 Å². The van der Waals surface area contributed by atoms with E-state index in [0.717, 1.165) is 29.7 Å². The Hall–Kier alpha value is -1.90. The quantitative estimate of drug-likeness (QED) is 0.738. The van der Waals surface area contributed by atoms with Crippen LogP contribution in [0.2, 0.25) is 0 Å². The van der Waals surface area contributed by atoms with Crippen LogP contribution in [-0.4, -0.2) is 16.3 Å². The third-order valence-electron chi connectivity index (χ3n) is 3.17. The molecule has 0 fully saturated rings. The summed E-state index contributed by atoms with van der Waals surface area (Å²) in [4.78, 5) is 18.1. The SMILES string of the molecule is CC1Cc2[nH]c(C=O)nc2-c2ccccc21. The van der Waals surface area contributed by atoms with Gasteiger partial charge in [-0.05, 0) is 17.9 Å². The molecule has 0 amide bonds. The van der Waals surface area contributed by atoms with E-state index in [1.165, 1.54) is 5.56 Å². The van der Waals surface area contributed by atoms with Crippen LogP contribution in [0.5, 0.6) is 0 Å². The number of carbonyl (C=O) groups is 1. The summed E-state index contributed by atoms with van der Waals surface area (Å²) in [6.07, 6.45) is 1.69. The number of imidazole rings is 1. The molecule has 3 heteroatoms. The molecule has 3 nitrogen and oxygen atoms in total. The molecule has 80 valence electrons. The second-order valence-corrected chi connectivity index (χ2v) is 4.26. The highest BCUT2D eigenvalue weighted by Gasteiger charge is 2.24. The first-order valence-electron chi connectivity index (χ1n) is 5.43. The average Bonchev–Trinajstić information content (AvgIpc) is 2.72. The Labute approximate surface area is 93.5 Å². The Morgan fingerprint density at radius 1 is 1.44 bits per heavy atom. The van der Waals surface area contributed by atoms with Gasteiger partial charge in [0.05, 0.1) is 5.69 Å². The van der Waals surface area contributed by atoms with Gasteiger partial charge in [-0.2, -0.15) is 0 Å². The molecule has 1 aliphatic carbocycles. The second kappa shape index (κ2) is 3.30. The largest absolute Gasteiger partial charge is 0.339 e. The van der Waals surface area contributed by atoms with Gasteiger partial charge in [0.15, 0.2) is 12.1 Å². The molecule has 0 aliphatic heterocycles. The molecular weight excluding hydrogens is 200 g/mol. The van der Waals surface area contributed by atoms with E-state index in [-0.39, 0.29) is 0 Å². The zero-order chi connectivity index (χ0) is 11.1. The Morgan fingerprint density at radius 3 is 3.06 bits per heavy atom. The number of rotatable bonds is 1. The lowest BCUT2D eigenvalue weighted by atomic mass is 9.85. The van der Waals surface area contributed by atoms with Gasteiger partial charge in [-0.1, -0.05) is 31.2 Å². The monoisotopic (exact) mass is 212 g/mol. The normalized spacial score (nSPS) is 17.7. The predicted molar refractivity (Wildman–Crippen MR) is 61.5 cm³/mol. The highest BCUT2D eigenvalue weighted by atomic mass is 16.1. The topological polar surface area (TPSA) is 45.8 Å². The Kier molecular flexibility index (Phi) is 1.93. The summed E-state index contributed by atoms with van der Waals surface area (Å²) in [6, 6.07) is 8.26. The number of aromatic amines is 1. The number of fused-ring (bicyclic) bond motifs is 3. The standard InChI is InChI=1S/C13H12N2O/c1-8-6-11-13(15-12(7-16)14-11)10-5-3-2-4-9(8)10/h2-5,7-8H,6H2,1H3,(H,14,15). The number of aromatic nitrogens is 2. The molecule has 0 saturated carbocycles. The lowest BCUT2D eigenvalue weighted by Crippen LogP contribution is -2.07. The van der Waals surface area contributed by atoms with Gasteiger partial charge >= 0.3 is 0 Å². The number of hydrogen-bond donors (Lipinski definition) is 1. The molecule has 1 aromatic heterocycles. The van der Waals surface area contributed by atoms with E-state index in [9.17, 15) is 4.79 Å². The van der Waals surface area contributed by atoms with E-state index < -0.39 is 0 Å². The first-order chi connectivity index (χ1) is 7.79. The smallest absolute Gasteiger partial charge is 0.185 e. The molecule has 0 saturated heterocycles. The fourth-order valence-electron chi connectivity index (χ4n) is 2.41. The summed E-state index contributed by atoms with van der Waals surface area (Å²) >= 11 is 0. The van der Waals surface area contributed by atoms with E-state index in [1.54, 1.807) is 0 Å². The first kappa shape index (κ1) is 9.33. The Morgan fingerprint density at radius 2 is 2.25 bits per heavy atom. The van der Waals surface area contributed by atoms with Crippen molar-refractivity contribution < 1.29 is 4.79 Å². The van der Waals surface area contributed by atoms with Crippen molar-refractivity contribution in [3.63, 3.8) is 0 Å². The van der Waals surface area contributed by atoms with Gasteiger partial charge in [0.2, 0.25) is 0 Å². The number of benzene rings is 1. The molecule has 0 bridgehead atoms. The van der Waals surface area contributed by atoms with E-state index in [1.807, 2.05) is 12.1 Å². The van der Waals surface area contributed by atoms with Crippen LogP contribution < -0.4 is 0 Å². The summed E-state index contributed by atoms with van der Waals surface area (Å²) in [5, 5.41) is 0. The maximum Gasteiger partial charge on any atom is 0.185 e. The lowest BCUT2D eigenvalue weighted by Gasteiger charge is -2.21. The number of nitrogens with zero attached hydrogens (tertiary/aromatic N) is 1. The predicted octanol–water partition coefficient (Wildman–Crippen LogP) is 2.55. The molecule has 1 atom stereocenters. The number of carbonyl (C=O) groups excluding carboxylic acids is 1. The van der Waals surface area contributed by atoms with Crippen molar-refractivity contribution in [2.75, 3.05) is 0 Å². The van der Waals surface area contributed by atoms with E-state index >= 15 is 0 Å². The van der Waals surface area contributed by atoms with Gasteiger partial charge < -0.3 is 4.98 Å². The number of nitrogens with one attached hydrogen (secondary N) is 1. The van der Waals surface area contributed by atoms with Gasteiger partial charge in [0.25, 0.3) is 0 Å². The molecule has 1 unspecified atom stereocenters.